The second-order valence-electron chi connectivity index (χ2n) is 4.50. The lowest BCUT2D eigenvalue weighted by atomic mass is 10.1. The van der Waals surface area contributed by atoms with Crippen LogP contribution in [-0.4, -0.2) is 18.2 Å². The van der Waals surface area contributed by atoms with E-state index in [1.807, 2.05) is 6.07 Å². The maximum Gasteiger partial charge on any atom is 0.262 e. The zero-order valence-corrected chi connectivity index (χ0v) is 12.2. The van der Waals surface area contributed by atoms with Crippen LogP contribution in [0, 0.1) is 25.2 Å². The molecule has 0 unspecified atom stereocenters. The Morgan fingerprint density at radius 3 is 2.55 bits per heavy atom. The molecule has 6 nitrogen and oxygen atoms in total. The first-order valence-electron chi connectivity index (χ1n) is 5.87. The normalized spacial score (nSPS) is 11.1. The van der Waals surface area contributed by atoms with Crippen molar-refractivity contribution in [2.75, 3.05) is 4.72 Å². The van der Waals surface area contributed by atoms with Crippen LogP contribution in [0.25, 0.3) is 0 Å². The van der Waals surface area contributed by atoms with Crippen LogP contribution in [0.15, 0.2) is 29.3 Å². The van der Waals surface area contributed by atoms with Crippen molar-refractivity contribution in [3.05, 3.63) is 41.2 Å². The molecule has 104 valence electrons. The number of nitrogens with one attached hydrogen (secondary N) is 1. The van der Waals surface area contributed by atoms with Gasteiger partial charge in [0, 0.05) is 13.2 Å². The van der Waals surface area contributed by atoms with Crippen molar-refractivity contribution in [2.45, 2.75) is 18.7 Å². The van der Waals surface area contributed by atoms with Crippen molar-refractivity contribution in [2.24, 2.45) is 7.05 Å². The third-order valence-electron chi connectivity index (χ3n) is 2.89. The van der Waals surface area contributed by atoms with Gasteiger partial charge < -0.3 is 0 Å². The highest BCUT2D eigenvalue weighted by Crippen LogP contribution is 2.20. The van der Waals surface area contributed by atoms with Gasteiger partial charge in [0.05, 0.1) is 27.9 Å². The molecule has 0 amide bonds. The first-order valence-corrected chi connectivity index (χ1v) is 7.35. The first-order chi connectivity index (χ1) is 9.33. The summed E-state index contributed by atoms with van der Waals surface area (Å²) in [5.41, 5.74) is 2.12. The summed E-state index contributed by atoms with van der Waals surface area (Å²) >= 11 is 0. The summed E-state index contributed by atoms with van der Waals surface area (Å²) in [6.45, 7) is 3.43. The van der Waals surface area contributed by atoms with Crippen LogP contribution in [0.2, 0.25) is 0 Å². The number of nitriles is 1. The number of aryl methyl sites for hydroxylation is 3. The summed E-state index contributed by atoms with van der Waals surface area (Å²) in [5.74, 6) is 0. The maximum atomic E-state index is 12.3. The van der Waals surface area contributed by atoms with Gasteiger partial charge in [0.2, 0.25) is 0 Å². The largest absolute Gasteiger partial charge is 0.276 e. The molecule has 20 heavy (non-hydrogen) atoms. The molecule has 0 aliphatic carbocycles. The lowest BCUT2D eigenvalue weighted by molar-refractivity contribution is 0.601. The Bertz CT molecular complexity index is 800. The lowest BCUT2D eigenvalue weighted by Crippen LogP contribution is -2.13. The average Bonchev–Trinajstić information content (AvgIpc) is 2.67. The number of hydrogen-bond acceptors (Lipinski definition) is 4. The van der Waals surface area contributed by atoms with Gasteiger partial charge in [-0.05, 0) is 37.6 Å². The Kier molecular flexibility index (Phi) is 3.51. The fourth-order valence-corrected chi connectivity index (χ4v) is 3.02. The van der Waals surface area contributed by atoms with E-state index in [0.717, 1.165) is 0 Å². The molecule has 2 aromatic rings. The van der Waals surface area contributed by atoms with E-state index in [0.29, 0.717) is 22.5 Å². The molecular weight excluding hydrogens is 276 g/mol. The summed E-state index contributed by atoms with van der Waals surface area (Å²) in [4.78, 5) is 0.122. The van der Waals surface area contributed by atoms with E-state index in [1.54, 1.807) is 27.1 Å². The lowest BCUT2D eigenvalue weighted by Gasteiger charge is -2.08. The first kappa shape index (κ1) is 14.1. The molecule has 1 N–H and O–H groups in total. The highest BCUT2D eigenvalue weighted by atomic mass is 32.2. The van der Waals surface area contributed by atoms with Gasteiger partial charge in [0.1, 0.15) is 0 Å². The van der Waals surface area contributed by atoms with Gasteiger partial charge in [-0.15, -0.1) is 0 Å². The molecule has 0 fully saturated rings. The van der Waals surface area contributed by atoms with Gasteiger partial charge in [0.15, 0.2) is 0 Å². The summed E-state index contributed by atoms with van der Waals surface area (Å²) in [6.07, 6.45) is 1.60. The minimum atomic E-state index is -3.68. The Morgan fingerprint density at radius 2 is 2.05 bits per heavy atom. The minimum Gasteiger partial charge on any atom is -0.276 e. The molecule has 7 heteroatoms. The van der Waals surface area contributed by atoms with Gasteiger partial charge in [-0.1, -0.05) is 0 Å². The number of aromatic nitrogens is 2. The Morgan fingerprint density at radius 1 is 1.35 bits per heavy atom. The molecule has 0 spiro atoms. The standard InChI is InChI=1S/C13H14N4O2S/c1-9-6-12(5-4-11(9)7-14)20(18,19)16-13-8-17(3)15-10(13)2/h4-6,8,16H,1-3H3. The van der Waals surface area contributed by atoms with Crippen molar-refractivity contribution in [1.82, 2.24) is 9.78 Å². The monoisotopic (exact) mass is 290 g/mol. The minimum absolute atomic E-state index is 0.122. The van der Waals surface area contributed by atoms with Gasteiger partial charge in [-0.3, -0.25) is 9.40 Å². The number of rotatable bonds is 3. The smallest absolute Gasteiger partial charge is 0.262 e. The second-order valence-corrected chi connectivity index (χ2v) is 6.18. The predicted octanol–water partition coefficient (Wildman–Crippen LogP) is 1.71. The molecule has 0 aliphatic rings. The Hall–Kier alpha value is -2.33. The summed E-state index contributed by atoms with van der Waals surface area (Å²) in [5, 5.41) is 12.9. The number of nitrogens with zero attached hydrogens (tertiary/aromatic N) is 3. The van der Waals surface area contributed by atoms with E-state index in [-0.39, 0.29) is 4.90 Å². The van der Waals surface area contributed by atoms with E-state index in [2.05, 4.69) is 9.82 Å². The summed E-state index contributed by atoms with van der Waals surface area (Å²) in [6, 6.07) is 6.40. The Balaban J connectivity index is 2.39. The molecule has 0 saturated carbocycles. The van der Waals surface area contributed by atoms with E-state index in [1.165, 1.54) is 22.9 Å². The van der Waals surface area contributed by atoms with E-state index in [9.17, 15) is 8.42 Å². The molecule has 1 aromatic heterocycles. The van der Waals surface area contributed by atoms with Crippen LogP contribution in [0.5, 0.6) is 0 Å². The molecule has 0 radical (unpaired) electrons. The van der Waals surface area contributed by atoms with Crippen molar-refractivity contribution >= 4 is 15.7 Å². The number of hydrogen-bond donors (Lipinski definition) is 1. The SMILES string of the molecule is Cc1cc(S(=O)(=O)Nc2cn(C)nc2C)ccc1C#N. The van der Waals surface area contributed by atoms with Crippen LogP contribution in [-0.2, 0) is 17.1 Å². The highest BCUT2D eigenvalue weighted by Gasteiger charge is 2.17. The van der Waals surface area contributed by atoms with E-state index in [4.69, 9.17) is 5.26 Å². The van der Waals surface area contributed by atoms with Crippen molar-refractivity contribution in [3.63, 3.8) is 0 Å². The quantitative estimate of drug-likeness (QED) is 0.932. The molecule has 0 bridgehead atoms. The van der Waals surface area contributed by atoms with Gasteiger partial charge >= 0.3 is 0 Å². The average molecular weight is 290 g/mol. The topological polar surface area (TPSA) is 87.8 Å². The van der Waals surface area contributed by atoms with Gasteiger partial charge in [-0.2, -0.15) is 10.4 Å². The van der Waals surface area contributed by atoms with E-state index >= 15 is 0 Å². The third kappa shape index (κ3) is 2.65. The fourth-order valence-electron chi connectivity index (χ4n) is 1.83. The highest BCUT2D eigenvalue weighted by molar-refractivity contribution is 7.92. The molecule has 0 aliphatic heterocycles. The zero-order chi connectivity index (χ0) is 14.9. The maximum absolute atomic E-state index is 12.3. The molecule has 0 saturated heterocycles. The number of anilines is 1. The number of benzene rings is 1. The third-order valence-corrected chi connectivity index (χ3v) is 4.25. The van der Waals surface area contributed by atoms with Crippen LogP contribution in [0.3, 0.4) is 0 Å². The molecule has 1 aromatic carbocycles. The summed E-state index contributed by atoms with van der Waals surface area (Å²) in [7, 11) is -1.96. The van der Waals surface area contributed by atoms with E-state index < -0.39 is 10.0 Å². The van der Waals surface area contributed by atoms with Crippen LogP contribution in [0.4, 0.5) is 5.69 Å². The number of sulfonamides is 1. The van der Waals surface area contributed by atoms with Crippen molar-refractivity contribution < 1.29 is 8.42 Å². The van der Waals surface area contributed by atoms with Crippen molar-refractivity contribution in [1.29, 1.82) is 5.26 Å². The zero-order valence-electron chi connectivity index (χ0n) is 11.4. The van der Waals surface area contributed by atoms with Gasteiger partial charge in [-0.25, -0.2) is 8.42 Å². The van der Waals surface area contributed by atoms with Crippen molar-refractivity contribution in [3.8, 4) is 6.07 Å². The predicted molar refractivity (Wildman–Crippen MR) is 74.6 cm³/mol. The Labute approximate surface area is 117 Å². The molecule has 0 atom stereocenters. The van der Waals surface area contributed by atoms with Crippen LogP contribution < -0.4 is 4.72 Å². The summed E-state index contributed by atoms with van der Waals surface area (Å²) < 4.78 is 28.6. The molecule has 2 rings (SSSR count). The fraction of sp³-hybridized carbons (Fsp3) is 0.231. The van der Waals surface area contributed by atoms with Gasteiger partial charge in [0.25, 0.3) is 10.0 Å². The second kappa shape index (κ2) is 4.98. The van der Waals surface area contributed by atoms with Crippen LogP contribution >= 0.6 is 0 Å². The molecular formula is C13H14N4O2S. The molecule has 1 heterocycles. The van der Waals surface area contributed by atoms with Crippen LogP contribution in [0.1, 0.15) is 16.8 Å².